The number of hydrogen-bond donors (Lipinski definition) is 1. The number of allylic oxidation sites excluding steroid dienone is 4. The van der Waals surface area contributed by atoms with Crippen molar-refractivity contribution in [1.29, 1.82) is 0 Å². The molecule has 1 saturated carbocycles. The van der Waals surface area contributed by atoms with Crippen LogP contribution < -0.4 is 10.0 Å². The first-order valence-corrected chi connectivity index (χ1v) is 16.0. The molecule has 0 spiro atoms. The number of rotatable bonds is 11. The first kappa shape index (κ1) is 26.8. The van der Waals surface area contributed by atoms with Crippen LogP contribution in [-0.4, -0.2) is 29.5 Å². The maximum atomic E-state index is 6.30. The zero-order valence-corrected chi connectivity index (χ0v) is 23.7. The Morgan fingerprint density at radius 3 is 2.56 bits per heavy atom. The van der Waals surface area contributed by atoms with E-state index in [0.717, 1.165) is 44.5 Å². The molecule has 1 aromatic carbocycles. The molecule has 194 valence electrons. The van der Waals surface area contributed by atoms with E-state index in [1.165, 1.54) is 58.4 Å². The third kappa shape index (κ3) is 5.65. The SMILES string of the molecule is C=S(=C)(C)N(CCc1ccccc1C(C)N)c1nc2c(cc1C1CCC1)C(CC)=C(C/C=C\CC)C2. The average molecular weight is 504 g/mol. The molecule has 3 nitrogen and oxygen atoms in total. The van der Waals surface area contributed by atoms with Crippen LogP contribution in [0.2, 0.25) is 0 Å². The van der Waals surface area contributed by atoms with Crippen molar-refractivity contribution >= 4 is 32.5 Å². The number of anilines is 1. The van der Waals surface area contributed by atoms with Crippen molar-refractivity contribution in [3.8, 4) is 0 Å². The topological polar surface area (TPSA) is 42.1 Å². The number of nitrogens with zero attached hydrogens (tertiary/aromatic N) is 2. The third-order valence-corrected chi connectivity index (χ3v) is 9.23. The smallest absolute Gasteiger partial charge is 0.141 e. The Labute approximate surface area is 220 Å². The van der Waals surface area contributed by atoms with E-state index in [1.807, 2.05) is 0 Å². The van der Waals surface area contributed by atoms with Crippen LogP contribution in [0.4, 0.5) is 5.82 Å². The van der Waals surface area contributed by atoms with Crippen LogP contribution in [0.1, 0.15) is 99.2 Å². The minimum absolute atomic E-state index is 0.0234. The summed E-state index contributed by atoms with van der Waals surface area (Å²) >= 11 is 0. The van der Waals surface area contributed by atoms with Crippen LogP contribution in [0.3, 0.4) is 0 Å². The molecule has 1 aromatic heterocycles. The molecule has 1 atom stereocenters. The Bertz CT molecular complexity index is 1250. The summed E-state index contributed by atoms with van der Waals surface area (Å²) in [6, 6.07) is 11.1. The number of benzene rings is 1. The van der Waals surface area contributed by atoms with Crippen LogP contribution in [-0.2, 0) is 12.8 Å². The van der Waals surface area contributed by atoms with Gasteiger partial charge in [0.2, 0.25) is 0 Å². The summed E-state index contributed by atoms with van der Waals surface area (Å²) < 4.78 is 2.44. The van der Waals surface area contributed by atoms with Crippen molar-refractivity contribution in [2.24, 2.45) is 5.73 Å². The zero-order valence-electron chi connectivity index (χ0n) is 22.9. The second-order valence-electron chi connectivity index (χ2n) is 10.8. The van der Waals surface area contributed by atoms with Gasteiger partial charge in [0.15, 0.2) is 0 Å². The molecule has 0 aliphatic heterocycles. The van der Waals surface area contributed by atoms with E-state index in [1.54, 1.807) is 0 Å². The van der Waals surface area contributed by atoms with E-state index >= 15 is 0 Å². The van der Waals surface area contributed by atoms with Crippen LogP contribution in [0, 0.1) is 0 Å². The van der Waals surface area contributed by atoms with E-state index in [0.29, 0.717) is 5.92 Å². The number of fused-ring (bicyclic) bond motifs is 1. The molecule has 1 heterocycles. The van der Waals surface area contributed by atoms with Crippen molar-refractivity contribution in [3.63, 3.8) is 0 Å². The third-order valence-electron chi connectivity index (χ3n) is 7.81. The average Bonchev–Trinajstić information content (AvgIpc) is 3.13. The van der Waals surface area contributed by atoms with E-state index in [4.69, 9.17) is 10.7 Å². The van der Waals surface area contributed by atoms with Gasteiger partial charge in [-0.1, -0.05) is 74.0 Å². The minimum atomic E-state index is -1.51. The largest absolute Gasteiger partial charge is 0.324 e. The molecule has 0 bridgehead atoms. The molecule has 0 amide bonds. The molecule has 0 saturated heterocycles. The normalized spacial score (nSPS) is 16.9. The van der Waals surface area contributed by atoms with Crippen molar-refractivity contribution in [3.05, 3.63) is 76.0 Å². The standard InChI is InChI=1S/C32H45N3S/c1-7-9-10-15-26-21-31-30(27(26)8-2)22-29(24-16-13-17-24)32(34-31)35(36(4,5)6)20-19-25-14-11-12-18-28(25)23(3)33/h9-12,14,18,22-24H,4-5,7-8,13,15-17,19-21,33H2,1-3,6H3/b10-9-. The fourth-order valence-corrected chi connectivity index (χ4v) is 6.76. The first-order chi connectivity index (χ1) is 17.2. The monoisotopic (exact) mass is 503 g/mol. The maximum absolute atomic E-state index is 6.30. The molecular weight excluding hydrogens is 458 g/mol. The van der Waals surface area contributed by atoms with Gasteiger partial charge in [-0.2, -0.15) is 0 Å². The second-order valence-corrected chi connectivity index (χ2v) is 13.7. The second kappa shape index (κ2) is 11.4. The number of hydrogen-bond acceptors (Lipinski definition) is 3. The zero-order chi connectivity index (χ0) is 25.9. The van der Waals surface area contributed by atoms with Crippen LogP contribution in [0.25, 0.3) is 5.57 Å². The number of nitrogens with two attached hydrogens (primary N) is 1. The minimum Gasteiger partial charge on any atom is -0.324 e. The van der Waals surface area contributed by atoms with Gasteiger partial charge in [-0.15, -0.1) is 9.39 Å². The van der Waals surface area contributed by atoms with E-state index < -0.39 is 9.39 Å². The fourth-order valence-electron chi connectivity index (χ4n) is 5.66. The van der Waals surface area contributed by atoms with Gasteiger partial charge in [0.1, 0.15) is 5.82 Å². The first-order valence-electron chi connectivity index (χ1n) is 13.7. The molecule has 4 heteroatoms. The maximum Gasteiger partial charge on any atom is 0.141 e. The summed E-state index contributed by atoms with van der Waals surface area (Å²) in [5.41, 5.74) is 16.0. The van der Waals surface area contributed by atoms with Crippen LogP contribution in [0.5, 0.6) is 0 Å². The van der Waals surface area contributed by atoms with E-state index in [2.05, 4.69) is 85.6 Å². The highest BCUT2D eigenvalue weighted by atomic mass is 32.2. The van der Waals surface area contributed by atoms with E-state index in [-0.39, 0.29) is 6.04 Å². The predicted octanol–water partition coefficient (Wildman–Crippen LogP) is 7.71. The number of aromatic nitrogens is 1. The Hall–Kier alpha value is -2.30. The van der Waals surface area contributed by atoms with Crippen molar-refractivity contribution in [2.45, 2.75) is 84.1 Å². The highest BCUT2D eigenvalue weighted by Gasteiger charge is 2.30. The molecule has 0 radical (unpaired) electrons. The molecule has 1 unspecified atom stereocenters. The lowest BCUT2D eigenvalue weighted by molar-refractivity contribution is 0.419. The highest BCUT2D eigenvalue weighted by Crippen LogP contribution is 2.46. The quantitative estimate of drug-likeness (QED) is 0.252. The van der Waals surface area contributed by atoms with Gasteiger partial charge in [0, 0.05) is 19.0 Å². The predicted molar refractivity (Wildman–Crippen MR) is 164 cm³/mol. The summed E-state index contributed by atoms with van der Waals surface area (Å²) in [6.07, 6.45) is 15.7. The lowest BCUT2D eigenvalue weighted by Crippen LogP contribution is -2.27. The Morgan fingerprint density at radius 2 is 1.94 bits per heavy atom. The van der Waals surface area contributed by atoms with Gasteiger partial charge in [0.25, 0.3) is 0 Å². The molecule has 36 heavy (non-hydrogen) atoms. The van der Waals surface area contributed by atoms with Gasteiger partial charge in [-0.05, 0) is 91.5 Å². The van der Waals surface area contributed by atoms with Crippen LogP contribution >= 0.6 is 9.39 Å². The summed E-state index contributed by atoms with van der Waals surface area (Å²) in [7, 11) is -1.51. The van der Waals surface area contributed by atoms with Gasteiger partial charge < -0.3 is 10.0 Å². The highest BCUT2D eigenvalue weighted by molar-refractivity contribution is 8.28. The van der Waals surface area contributed by atoms with Crippen molar-refractivity contribution < 1.29 is 0 Å². The van der Waals surface area contributed by atoms with Gasteiger partial charge in [-0.25, -0.2) is 4.98 Å². The Morgan fingerprint density at radius 1 is 1.19 bits per heavy atom. The summed E-state index contributed by atoms with van der Waals surface area (Å²) in [6.45, 7) is 7.41. The lowest BCUT2D eigenvalue weighted by Gasteiger charge is -2.36. The summed E-state index contributed by atoms with van der Waals surface area (Å²) in [5.74, 6) is 10.9. The Kier molecular flexibility index (Phi) is 8.47. The molecule has 2 aliphatic carbocycles. The summed E-state index contributed by atoms with van der Waals surface area (Å²) in [4.78, 5) is 5.45. The van der Waals surface area contributed by atoms with E-state index in [9.17, 15) is 0 Å². The molecule has 2 aromatic rings. The Balaban J connectivity index is 1.73. The van der Waals surface area contributed by atoms with Gasteiger partial charge >= 0.3 is 0 Å². The molecule has 2 aliphatic rings. The lowest BCUT2D eigenvalue weighted by atomic mass is 9.79. The summed E-state index contributed by atoms with van der Waals surface area (Å²) in [5, 5.41) is 0. The number of pyridine rings is 1. The molecule has 1 fully saturated rings. The molecular formula is C32H45N3S. The van der Waals surface area contributed by atoms with Crippen LogP contribution in [0.15, 0.2) is 48.1 Å². The fraction of sp³-hybridized carbons (Fsp3) is 0.469. The van der Waals surface area contributed by atoms with Gasteiger partial charge in [-0.3, -0.25) is 0 Å². The van der Waals surface area contributed by atoms with Crippen molar-refractivity contribution in [2.75, 3.05) is 17.1 Å². The molecule has 2 N–H and O–H groups in total. The van der Waals surface area contributed by atoms with Gasteiger partial charge in [0.05, 0.1) is 5.69 Å². The van der Waals surface area contributed by atoms with Crippen molar-refractivity contribution in [1.82, 2.24) is 4.98 Å². The molecule has 4 rings (SSSR count).